The summed E-state index contributed by atoms with van der Waals surface area (Å²) < 4.78 is 0. The maximum Gasteiger partial charge on any atom is 0.138 e. The summed E-state index contributed by atoms with van der Waals surface area (Å²) in [5.41, 5.74) is 7.28. The number of hydrogen-bond donors (Lipinski definition) is 1. The second-order valence-electron chi connectivity index (χ2n) is 4.57. The van der Waals surface area contributed by atoms with E-state index in [2.05, 4.69) is 10.2 Å². The Morgan fingerprint density at radius 2 is 2.00 bits per heavy atom. The standard InChI is InChI=1S/C13H15N3S/c14-12(10-4-2-1-3-5-10)13-16-15-11(17-13)8-9-6-7-9/h1-5,9,12H,6-8,14H2. The van der Waals surface area contributed by atoms with Crippen molar-refractivity contribution < 1.29 is 0 Å². The Labute approximate surface area is 105 Å². The smallest absolute Gasteiger partial charge is 0.138 e. The minimum absolute atomic E-state index is 0.137. The zero-order chi connectivity index (χ0) is 11.7. The van der Waals surface area contributed by atoms with Crippen LogP contribution >= 0.6 is 11.3 Å². The normalized spacial score (nSPS) is 17.0. The van der Waals surface area contributed by atoms with Crippen LogP contribution in [0.15, 0.2) is 30.3 Å². The van der Waals surface area contributed by atoms with E-state index < -0.39 is 0 Å². The second kappa shape index (κ2) is 4.55. The van der Waals surface area contributed by atoms with Crippen LogP contribution in [0.1, 0.15) is 34.5 Å². The van der Waals surface area contributed by atoms with Crippen molar-refractivity contribution >= 4 is 11.3 Å². The van der Waals surface area contributed by atoms with Crippen molar-refractivity contribution in [2.75, 3.05) is 0 Å². The van der Waals surface area contributed by atoms with E-state index in [0.717, 1.165) is 27.9 Å². The summed E-state index contributed by atoms with van der Waals surface area (Å²) in [5, 5.41) is 10.5. The molecule has 1 aromatic carbocycles. The number of nitrogens with two attached hydrogens (primary N) is 1. The summed E-state index contributed by atoms with van der Waals surface area (Å²) >= 11 is 1.66. The summed E-state index contributed by atoms with van der Waals surface area (Å²) in [6.45, 7) is 0. The Bertz CT molecular complexity index is 490. The summed E-state index contributed by atoms with van der Waals surface area (Å²) in [6.07, 6.45) is 3.78. The van der Waals surface area contributed by atoms with Crippen molar-refractivity contribution in [3.8, 4) is 0 Å². The molecule has 0 radical (unpaired) electrons. The Morgan fingerprint density at radius 1 is 1.24 bits per heavy atom. The molecule has 0 spiro atoms. The number of aromatic nitrogens is 2. The van der Waals surface area contributed by atoms with Crippen LogP contribution in [0.5, 0.6) is 0 Å². The first kappa shape index (κ1) is 10.9. The Morgan fingerprint density at radius 3 is 2.71 bits per heavy atom. The van der Waals surface area contributed by atoms with E-state index in [1.807, 2.05) is 30.3 Å². The van der Waals surface area contributed by atoms with Crippen molar-refractivity contribution in [2.24, 2.45) is 11.7 Å². The van der Waals surface area contributed by atoms with Gasteiger partial charge in [0, 0.05) is 6.42 Å². The molecule has 1 aliphatic rings. The van der Waals surface area contributed by atoms with Crippen molar-refractivity contribution in [3.63, 3.8) is 0 Å². The Kier molecular flexibility index (Phi) is 2.91. The first-order valence-electron chi connectivity index (χ1n) is 5.96. The molecule has 1 unspecified atom stereocenters. The minimum atomic E-state index is -0.137. The van der Waals surface area contributed by atoms with E-state index in [1.165, 1.54) is 12.8 Å². The topological polar surface area (TPSA) is 51.8 Å². The van der Waals surface area contributed by atoms with E-state index in [9.17, 15) is 0 Å². The lowest BCUT2D eigenvalue weighted by molar-refractivity contribution is 0.788. The summed E-state index contributed by atoms with van der Waals surface area (Å²) in [7, 11) is 0. The van der Waals surface area contributed by atoms with Gasteiger partial charge in [0.15, 0.2) is 0 Å². The lowest BCUT2D eigenvalue weighted by atomic mass is 10.1. The molecule has 4 heteroatoms. The fourth-order valence-electron chi connectivity index (χ4n) is 1.85. The number of nitrogens with zero attached hydrogens (tertiary/aromatic N) is 2. The molecular weight excluding hydrogens is 230 g/mol. The predicted molar refractivity (Wildman–Crippen MR) is 68.8 cm³/mol. The highest BCUT2D eigenvalue weighted by atomic mass is 32.1. The van der Waals surface area contributed by atoms with Gasteiger partial charge in [-0.1, -0.05) is 41.7 Å². The molecule has 0 saturated heterocycles. The van der Waals surface area contributed by atoms with Gasteiger partial charge >= 0.3 is 0 Å². The molecule has 1 heterocycles. The first-order chi connectivity index (χ1) is 8.33. The van der Waals surface area contributed by atoms with Crippen LogP contribution in [0, 0.1) is 5.92 Å². The molecule has 1 atom stereocenters. The van der Waals surface area contributed by atoms with Gasteiger partial charge < -0.3 is 5.73 Å². The average molecular weight is 245 g/mol. The molecule has 17 heavy (non-hydrogen) atoms. The van der Waals surface area contributed by atoms with Crippen molar-refractivity contribution in [2.45, 2.75) is 25.3 Å². The van der Waals surface area contributed by atoms with Crippen molar-refractivity contribution in [1.29, 1.82) is 0 Å². The predicted octanol–water partition coefficient (Wildman–Crippen LogP) is 2.54. The molecule has 3 rings (SSSR count). The van der Waals surface area contributed by atoms with E-state index in [0.29, 0.717) is 0 Å². The second-order valence-corrected chi connectivity index (χ2v) is 5.66. The summed E-state index contributed by atoms with van der Waals surface area (Å²) in [5.74, 6) is 0.851. The van der Waals surface area contributed by atoms with Gasteiger partial charge in [0.1, 0.15) is 10.0 Å². The van der Waals surface area contributed by atoms with Gasteiger partial charge in [-0.3, -0.25) is 0 Å². The average Bonchev–Trinajstić information content (AvgIpc) is 3.06. The summed E-state index contributed by atoms with van der Waals surface area (Å²) in [4.78, 5) is 0. The number of rotatable bonds is 4. The monoisotopic (exact) mass is 245 g/mol. The zero-order valence-electron chi connectivity index (χ0n) is 9.54. The molecule has 1 aliphatic carbocycles. The summed E-state index contributed by atoms with van der Waals surface area (Å²) in [6, 6.07) is 9.93. The van der Waals surface area contributed by atoms with E-state index >= 15 is 0 Å². The van der Waals surface area contributed by atoms with Crippen LogP contribution < -0.4 is 5.73 Å². The Balaban J connectivity index is 1.76. The molecule has 1 aromatic heterocycles. The maximum absolute atomic E-state index is 6.18. The third-order valence-corrected chi connectivity index (χ3v) is 4.10. The third-order valence-electron chi connectivity index (χ3n) is 3.07. The molecule has 3 nitrogen and oxygen atoms in total. The first-order valence-corrected chi connectivity index (χ1v) is 6.77. The third kappa shape index (κ3) is 2.53. The number of benzene rings is 1. The largest absolute Gasteiger partial charge is 0.318 e. The van der Waals surface area contributed by atoms with Gasteiger partial charge in [-0.05, 0) is 24.3 Å². The quantitative estimate of drug-likeness (QED) is 0.900. The van der Waals surface area contributed by atoms with Crippen molar-refractivity contribution in [1.82, 2.24) is 10.2 Å². The lowest BCUT2D eigenvalue weighted by Crippen LogP contribution is -2.11. The van der Waals surface area contributed by atoms with Crippen molar-refractivity contribution in [3.05, 3.63) is 45.9 Å². The lowest BCUT2D eigenvalue weighted by Gasteiger charge is -2.06. The maximum atomic E-state index is 6.18. The molecule has 1 fully saturated rings. The van der Waals surface area contributed by atoms with Crippen LogP contribution in [0.4, 0.5) is 0 Å². The van der Waals surface area contributed by atoms with Crippen LogP contribution in [-0.4, -0.2) is 10.2 Å². The molecule has 88 valence electrons. The van der Waals surface area contributed by atoms with E-state index in [-0.39, 0.29) is 6.04 Å². The van der Waals surface area contributed by atoms with E-state index in [4.69, 9.17) is 5.73 Å². The van der Waals surface area contributed by atoms with Gasteiger partial charge in [0.2, 0.25) is 0 Å². The molecule has 0 amide bonds. The van der Waals surface area contributed by atoms with Gasteiger partial charge in [-0.25, -0.2) is 0 Å². The fourth-order valence-corrected chi connectivity index (χ4v) is 2.83. The van der Waals surface area contributed by atoms with Crippen LogP contribution in [-0.2, 0) is 6.42 Å². The highest BCUT2D eigenvalue weighted by molar-refractivity contribution is 7.11. The molecule has 1 saturated carbocycles. The molecule has 2 aromatic rings. The molecule has 2 N–H and O–H groups in total. The van der Waals surface area contributed by atoms with Gasteiger partial charge in [-0.2, -0.15) is 0 Å². The van der Waals surface area contributed by atoms with Gasteiger partial charge in [0.25, 0.3) is 0 Å². The molecule has 0 bridgehead atoms. The Hall–Kier alpha value is -1.26. The minimum Gasteiger partial charge on any atom is -0.318 e. The fraction of sp³-hybridized carbons (Fsp3) is 0.385. The zero-order valence-corrected chi connectivity index (χ0v) is 10.4. The van der Waals surface area contributed by atoms with E-state index in [1.54, 1.807) is 11.3 Å². The van der Waals surface area contributed by atoms with Crippen LogP contribution in [0.3, 0.4) is 0 Å². The highest BCUT2D eigenvalue weighted by Crippen LogP contribution is 2.34. The van der Waals surface area contributed by atoms with Gasteiger partial charge in [-0.15, -0.1) is 10.2 Å². The molecule has 0 aliphatic heterocycles. The van der Waals surface area contributed by atoms with Crippen LogP contribution in [0.25, 0.3) is 0 Å². The SMILES string of the molecule is NC(c1ccccc1)c1nnc(CC2CC2)s1. The van der Waals surface area contributed by atoms with Gasteiger partial charge in [0.05, 0.1) is 6.04 Å². The number of hydrogen-bond acceptors (Lipinski definition) is 4. The highest BCUT2D eigenvalue weighted by Gasteiger charge is 2.24. The molecular formula is C13H15N3S. The van der Waals surface area contributed by atoms with Crippen LogP contribution in [0.2, 0.25) is 0 Å².